The van der Waals surface area contributed by atoms with Crippen LogP contribution < -0.4 is 5.32 Å². The number of benzene rings is 1. The van der Waals surface area contributed by atoms with E-state index in [1.807, 2.05) is 0 Å². The van der Waals surface area contributed by atoms with E-state index in [-0.39, 0.29) is 10.7 Å². The second kappa shape index (κ2) is 8.59. The van der Waals surface area contributed by atoms with E-state index in [2.05, 4.69) is 5.32 Å². The molecular weight excluding hydrogens is 425 g/mol. The molecule has 1 N–H and O–H groups in total. The van der Waals surface area contributed by atoms with Crippen molar-refractivity contribution in [3.05, 3.63) is 28.8 Å². The summed E-state index contributed by atoms with van der Waals surface area (Å²) in [6.45, 7) is 1.13. The van der Waals surface area contributed by atoms with Gasteiger partial charge in [-0.25, -0.2) is 0 Å². The number of ketones is 2. The van der Waals surface area contributed by atoms with Gasteiger partial charge in [0, 0.05) is 11.9 Å². The molecule has 0 bridgehead atoms. The second-order valence-corrected chi connectivity index (χ2v) is 4.96. The largest absolute Gasteiger partial charge is 0.458 e. The Morgan fingerprint density at radius 3 is 1.56 bits per heavy atom. The lowest BCUT2D eigenvalue weighted by atomic mass is 10.1. The van der Waals surface area contributed by atoms with Crippen LogP contribution in [0.2, 0.25) is 5.02 Å². The highest BCUT2D eigenvalue weighted by atomic mass is 35.5. The molecule has 152 valence electrons. The molecule has 0 aliphatic heterocycles. The fraction of sp³-hybridized carbons (Fsp3) is 0.308. The normalized spacial score (nSPS) is 12.0. The Kier molecular flexibility index (Phi) is 7.85. The Morgan fingerprint density at radius 1 is 0.852 bits per heavy atom. The lowest BCUT2D eigenvalue weighted by Crippen LogP contribution is -2.39. The van der Waals surface area contributed by atoms with Crippen molar-refractivity contribution in [3.63, 3.8) is 0 Å². The van der Waals surface area contributed by atoms with Crippen molar-refractivity contribution >= 4 is 34.8 Å². The average molecular weight is 432 g/mol. The molecule has 1 amide bonds. The van der Waals surface area contributed by atoms with Crippen molar-refractivity contribution in [2.75, 3.05) is 5.32 Å². The van der Waals surface area contributed by atoms with Crippen LogP contribution in [0.5, 0.6) is 0 Å². The molecule has 0 unspecified atom stereocenters. The summed E-state index contributed by atoms with van der Waals surface area (Å²) in [6.07, 6.45) is -16.1. The highest BCUT2D eigenvalue weighted by Gasteiger charge is 2.54. The maximum atomic E-state index is 12.5. The molecule has 0 heterocycles. The first kappa shape index (κ1) is 24.7. The molecule has 0 saturated carbocycles. The molecule has 14 heteroatoms. The summed E-state index contributed by atoms with van der Waals surface area (Å²) < 4.78 is 104. The van der Waals surface area contributed by atoms with E-state index in [0.29, 0.717) is 0 Å². The molecular formula is C13H7ClF9NO3. The van der Waals surface area contributed by atoms with Crippen LogP contribution in [0, 0.1) is 0 Å². The van der Waals surface area contributed by atoms with Crippen LogP contribution in [0.3, 0.4) is 0 Å². The number of alkyl halides is 9. The summed E-state index contributed by atoms with van der Waals surface area (Å²) in [7, 11) is 0. The lowest BCUT2D eigenvalue weighted by Gasteiger charge is -2.12. The predicted octanol–water partition coefficient (Wildman–Crippen LogP) is 4.57. The summed E-state index contributed by atoms with van der Waals surface area (Å²) in [4.78, 5) is 29.9. The first-order valence-corrected chi connectivity index (χ1v) is 6.62. The van der Waals surface area contributed by atoms with Crippen LogP contribution in [-0.4, -0.2) is 29.8 Å². The fourth-order valence-electron chi connectivity index (χ4n) is 1.31. The molecule has 4 nitrogen and oxygen atoms in total. The summed E-state index contributed by atoms with van der Waals surface area (Å²) in [6, 6.07) is 3.17. The Labute approximate surface area is 149 Å². The van der Waals surface area contributed by atoms with Crippen molar-refractivity contribution in [1.29, 1.82) is 0 Å². The van der Waals surface area contributed by atoms with Crippen molar-refractivity contribution < 1.29 is 53.9 Å². The summed E-state index contributed by atoms with van der Waals surface area (Å²) in [5, 5.41) is 2.06. The standard InChI is InChI=1S/C9H7ClF3NO.C4F6O2/c1-5(15)14-8-3-2-6(10)4-7(8)9(11,12)13;5-3(6,7)1(11)2(12)4(8,9)10/h2-4H,1H3,(H,14,15);. The molecule has 0 aliphatic rings. The van der Waals surface area contributed by atoms with Gasteiger partial charge in [0.1, 0.15) is 0 Å². The van der Waals surface area contributed by atoms with E-state index >= 15 is 0 Å². The molecule has 1 aromatic carbocycles. The number of carbonyl (C=O) groups is 3. The van der Waals surface area contributed by atoms with Crippen LogP contribution in [0.4, 0.5) is 45.2 Å². The number of halogens is 10. The molecule has 0 spiro atoms. The minimum absolute atomic E-state index is 0.0311. The first-order chi connectivity index (χ1) is 11.9. The lowest BCUT2D eigenvalue weighted by molar-refractivity contribution is -0.193. The number of amides is 1. The smallest absolute Gasteiger partial charge is 0.326 e. The third-order valence-corrected chi connectivity index (χ3v) is 2.55. The second-order valence-electron chi connectivity index (χ2n) is 4.52. The third-order valence-electron chi connectivity index (χ3n) is 2.32. The topological polar surface area (TPSA) is 63.2 Å². The van der Waals surface area contributed by atoms with Crippen molar-refractivity contribution in [1.82, 2.24) is 0 Å². The van der Waals surface area contributed by atoms with E-state index in [0.717, 1.165) is 19.1 Å². The summed E-state index contributed by atoms with van der Waals surface area (Å²) >= 11 is 5.45. The molecule has 0 atom stereocenters. The zero-order valence-corrected chi connectivity index (χ0v) is 13.5. The van der Waals surface area contributed by atoms with E-state index in [4.69, 9.17) is 11.6 Å². The van der Waals surface area contributed by atoms with Gasteiger partial charge in [0.25, 0.3) is 0 Å². The number of rotatable bonds is 2. The van der Waals surface area contributed by atoms with Gasteiger partial charge < -0.3 is 5.32 Å². The molecule has 0 fully saturated rings. The van der Waals surface area contributed by atoms with Gasteiger partial charge in [-0.05, 0) is 18.2 Å². The highest BCUT2D eigenvalue weighted by Crippen LogP contribution is 2.36. The number of Topliss-reactive ketones (excluding diaryl/α,β-unsaturated/α-hetero) is 2. The van der Waals surface area contributed by atoms with Gasteiger partial charge in [0.2, 0.25) is 5.91 Å². The quantitative estimate of drug-likeness (QED) is 0.551. The molecule has 0 aliphatic carbocycles. The molecule has 0 saturated heterocycles. The molecule has 1 rings (SSSR count). The Morgan fingerprint density at radius 2 is 1.26 bits per heavy atom. The average Bonchev–Trinajstić information content (AvgIpc) is 2.44. The monoisotopic (exact) mass is 431 g/mol. The highest BCUT2D eigenvalue weighted by molar-refractivity contribution is 6.41. The molecule has 0 radical (unpaired) electrons. The molecule has 27 heavy (non-hydrogen) atoms. The summed E-state index contributed by atoms with van der Waals surface area (Å²) in [5.74, 6) is -7.38. The van der Waals surface area contributed by atoms with Crippen LogP contribution in [-0.2, 0) is 20.6 Å². The zero-order valence-electron chi connectivity index (χ0n) is 12.7. The minimum Gasteiger partial charge on any atom is -0.326 e. The Balaban J connectivity index is 0.000000516. The predicted molar refractivity (Wildman–Crippen MR) is 72.9 cm³/mol. The van der Waals surface area contributed by atoms with E-state index in [1.165, 1.54) is 6.07 Å². The van der Waals surface area contributed by atoms with Crippen LogP contribution in [0.15, 0.2) is 18.2 Å². The van der Waals surface area contributed by atoms with Crippen molar-refractivity contribution in [3.8, 4) is 0 Å². The Hall–Kier alpha value is -2.31. The van der Waals surface area contributed by atoms with Gasteiger partial charge in [-0.2, -0.15) is 39.5 Å². The number of nitrogens with one attached hydrogen (secondary N) is 1. The van der Waals surface area contributed by atoms with Crippen LogP contribution in [0.1, 0.15) is 12.5 Å². The van der Waals surface area contributed by atoms with E-state index in [9.17, 15) is 53.9 Å². The zero-order chi connectivity index (χ0) is 21.8. The Bertz CT molecular complexity index is 699. The van der Waals surface area contributed by atoms with Crippen LogP contribution >= 0.6 is 11.6 Å². The van der Waals surface area contributed by atoms with Crippen molar-refractivity contribution in [2.24, 2.45) is 0 Å². The maximum absolute atomic E-state index is 12.5. The van der Waals surface area contributed by atoms with Gasteiger partial charge in [-0.15, -0.1) is 0 Å². The fourth-order valence-corrected chi connectivity index (χ4v) is 1.48. The van der Waals surface area contributed by atoms with Gasteiger partial charge in [0.15, 0.2) is 0 Å². The number of carbonyl (C=O) groups excluding carboxylic acids is 3. The minimum atomic E-state index is -5.77. The van der Waals surface area contributed by atoms with Gasteiger partial charge in [-0.1, -0.05) is 11.6 Å². The molecule has 1 aromatic rings. The third kappa shape index (κ3) is 8.28. The first-order valence-electron chi connectivity index (χ1n) is 6.24. The van der Waals surface area contributed by atoms with Crippen LogP contribution in [0.25, 0.3) is 0 Å². The molecule has 0 aromatic heterocycles. The summed E-state index contributed by atoms with van der Waals surface area (Å²) in [5.41, 5.74) is -1.25. The number of hydrogen-bond donors (Lipinski definition) is 1. The van der Waals surface area contributed by atoms with Crippen molar-refractivity contribution in [2.45, 2.75) is 25.5 Å². The SMILES string of the molecule is CC(=O)Nc1ccc(Cl)cc1C(F)(F)F.O=C(C(=O)C(F)(F)F)C(F)(F)F. The van der Waals surface area contributed by atoms with Gasteiger partial charge in [-0.3, -0.25) is 14.4 Å². The van der Waals surface area contributed by atoms with Gasteiger partial charge >= 0.3 is 30.1 Å². The number of anilines is 1. The van der Waals surface area contributed by atoms with Gasteiger partial charge in [0.05, 0.1) is 11.3 Å². The van der Waals surface area contributed by atoms with E-state index < -0.39 is 41.6 Å². The maximum Gasteiger partial charge on any atom is 0.458 e. The number of hydrogen-bond acceptors (Lipinski definition) is 3. The van der Waals surface area contributed by atoms with E-state index in [1.54, 1.807) is 0 Å².